The first-order valence-electron chi connectivity index (χ1n) is 6.54. The molecule has 0 atom stereocenters. The molecule has 2 rings (SSSR count). The molecule has 0 radical (unpaired) electrons. The number of hydrogen-bond donors (Lipinski definition) is 2. The van der Waals surface area contributed by atoms with Crippen molar-refractivity contribution in [2.24, 2.45) is 0 Å². The molecular weight excluding hydrogens is 240 g/mol. The summed E-state index contributed by atoms with van der Waals surface area (Å²) in [6, 6.07) is 7.72. The molecule has 0 amide bonds. The Balaban J connectivity index is 1.83. The monoisotopic (exact) mass is 260 g/mol. The van der Waals surface area contributed by atoms with E-state index in [9.17, 15) is 0 Å². The van der Waals surface area contributed by atoms with Crippen LogP contribution in [0.5, 0.6) is 5.75 Å². The maximum Gasteiger partial charge on any atom is 0.144 e. The Hall–Kier alpha value is -2.17. The fraction of sp³-hybridized carbons (Fsp3) is 0.357. The van der Waals surface area contributed by atoms with Crippen LogP contribution < -0.4 is 15.8 Å². The molecule has 1 aromatic heterocycles. The lowest BCUT2D eigenvalue weighted by atomic mass is 10.2. The normalized spacial score (nSPS) is 10.4. The molecule has 5 heteroatoms. The number of nitrogens with one attached hydrogen (secondary N) is 1. The number of anilines is 2. The number of aromatic nitrogens is 2. The molecule has 0 unspecified atom stereocenters. The van der Waals surface area contributed by atoms with Crippen molar-refractivity contribution in [3.05, 3.63) is 36.7 Å². The Morgan fingerprint density at radius 3 is 3.00 bits per heavy atom. The number of aryl methyl sites for hydroxylation is 1. The van der Waals surface area contributed by atoms with Crippen molar-refractivity contribution in [2.45, 2.75) is 19.9 Å². The lowest BCUT2D eigenvalue weighted by Gasteiger charge is -2.13. The van der Waals surface area contributed by atoms with Gasteiger partial charge < -0.3 is 15.8 Å². The van der Waals surface area contributed by atoms with Crippen molar-refractivity contribution >= 4 is 11.4 Å². The Morgan fingerprint density at radius 2 is 2.26 bits per heavy atom. The Morgan fingerprint density at radius 1 is 1.37 bits per heavy atom. The van der Waals surface area contributed by atoms with Crippen LogP contribution in [0.4, 0.5) is 11.4 Å². The van der Waals surface area contributed by atoms with Crippen molar-refractivity contribution in [2.75, 3.05) is 24.2 Å². The van der Waals surface area contributed by atoms with Crippen LogP contribution in [0.1, 0.15) is 13.3 Å². The van der Waals surface area contributed by atoms with Gasteiger partial charge in [-0.05, 0) is 31.5 Å². The van der Waals surface area contributed by atoms with Crippen molar-refractivity contribution in [1.82, 2.24) is 9.78 Å². The molecule has 1 heterocycles. The second-order valence-electron chi connectivity index (χ2n) is 4.20. The number of nitrogens with zero attached hydrogens (tertiary/aromatic N) is 2. The third-order valence-corrected chi connectivity index (χ3v) is 2.80. The van der Waals surface area contributed by atoms with Crippen LogP contribution in [0.3, 0.4) is 0 Å². The number of nitrogen functional groups attached to an aromatic ring is 1. The van der Waals surface area contributed by atoms with Gasteiger partial charge in [0.2, 0.25) is 0 Å². The number of hydrogen-bond acceptors (Lipinski definition) is 4. The molecule has 0 spiro atoms. The summed E-state index contributed by atoms with van der Waals surface area (Å²) in [5.41, 5.74) is 7.63. The summed E-state index contributed by atoms with van der Waals surface area (Å²) in [5.74, 6) is 0.736. The molecule has 0 saturated carbocycles. The average Bonchev–Trinajstić information content (AvgIpc) is 2.92. The summed E-state index contributed by atoms with van der Waals surface area (Å²) >= 11 is 0. The second kappa shape index (κ2) is 6.68. The van der Waals surface area contributed by atoms with E-state index in [0.717, 1.165) is 30.9 Å². The van der Waals surface area contributed by atoms with Crippen molar-refractivity contribution < 1.29 is 4.74 Å². The van der Waals surface area contributed by atoms with E-state index in [0.29, 0.717) is 12.3 Å². The van der Waals surface area contributed by atoms with Crippen LogP contribution in [0.25, 0.3) is 0 Å². The second-order valence-corrected chi connectivity index (χ2v) is 4.20. The van der Waals surface area contributed by atoms with E-state index in [2.05, 4.69) is 10.4 Å². The quantitative estimate of drug-likeness (QED) is 0.592. The maximum atomic E-state index is 6.04. The van der Waals surface area contributed by atoms with Gasteiger partial charge in [-0.2, -0.15) is 5.10 Å². The van der Waals surface area contributed by atoms with Crippen molar-refractivity contribution in [1.29, 1.82) is 0 Å². The minimum atomic E-state index is 0.618. The predicted octanol–water partition coefficient (Wildman–Crippen LogP) is 2.37. The van der Waals surface area contributed by atoms with Crippen molar-refractivity contribution in [3.63, 3.8) is 0 Å². The highest BCUT2D eigenvalue weighted by molar-refractivity contribution is 5.72. The molecule has 19 heavy (non-hydrogen) atoms. The Labute approximate surface area is 113 Å². The maximum absolute atomic E-state index is 6.04. The van der Waals surface area contributed by atoms with Gasteiger partial charge in [0.25, 0.3) is 0 Å². The zero-order valence-electron chi connectivity index (χ0n) is 11.2. The van der Waals surface area contributed by atoms with Gasteiger partial charge in [-0.15, -0.1) is 0 Å². The zero-order chi connectivity index (χ0) is 13.5. The molecule has 2 aromatic rings. The van der Waals surface area contributed by atoms with Gasteiger partial charge in [0, 0.05) is 25.5 Å². The summed E-state index contributed by atoms with van der Waals surface area (Å²) in [6.07, 6.45) is 4.74. The lowest BCUT2D eigenvalue weighted by molar-refractivity contribution is 0.342. The molecule has 0 aliphatic heterocycles. The van der Waals surface area contributed by atoms with E-state index in [1.165, 1.54) is 0 Å². The molecule has 0 aliphatic rings. The number of rotatable bonds is 7. The fourth-order valence-electron chi connectivity index (χ4n) is 1.88. The minimum absolute atomic E-state index is 0.618. The van der Waals surface area contributed by atoms with Crippen LogP contribution in [-0.2, 0) is 6.54 Å². The highest BCUT2D eigenvalue weighted by Gasteiger charge is 2.04. The molecular formula is C14H20N4O. The SMILES string of the molecule is CCOc1cccc(NCCCn2cccn2)c1N. The molecule has 5 nitrogen and oxygen atoms in total. The standard InChI is InChI=1S/C14H20N4O/c1-2-19-13-7-3-6-12(14(13)15)16-8-4-10-18-11-5-9-17-18/h3,5-7,9,11,16H,2,4,8,10,15H2,1H3. The molecule has 3 N–H and O–H groups in total. The minimum Gasteiger partial charge on any atom is -0.492 e. The van der Waals surface area contributed by atoms with Gasteiger partial charge in [0.15, 0.2) is 0 Å². The first-order chi connectivity index (χ1) is 9.31. The van der Waals surface area contributed by atoms with Gasteiger partial charge in [-0.3, -0.25) is 4.68 Å². The summed E-state index contributed by atoms with van der Waals surface area (Å²) in [4.78, 5) is 0. The van der Waals surface area contributed by atoms with E-state index in [4.69, 9.17) is 10.5 Å². The molecule has 0 saturated heterocycles. The van der Waals surface area contributed by atoms with Gasteiger partial charge in [-0.25, -0.2) is 0 Å². The molecule has 0 bridgehead atoms. The van der Waals surface area contributed by atoms with E-state index >= 15 is 0 Å². The van der Waals surface area contributed by atoms with Crippen LogP contribution in [0.15, 0.2) is 36.7 Å². The summed E-state index contributed by atoms with van der Waals surface area (Å²) in [6.45, 7) is 4.31. The average molecular weight is 260 g/mol. The first kappa shape index (κ1) is 13.3. The predicted molar refractivity (Wildman–Crippen MR) is 77.4 cm³/mol. The van der Waals surface area contributed by atoms with Gasteiger partial charge in [-0.1, -0.05) is 6.07 Å². The number of ether oxygens (including phenoxy) is 1. The first-order valence-corrected chi connectivity index (χ1v) is 6.54. The number of nitrogens with two attached hydrogens (primary N) is 1. The van der Waals surface area contributed by atoms with Crippen LogP contribution in [0, 0.1) is 0 Å². The fourth-order valence-corrected chi connectivity index (χ4v) is 1.88. The van der Waals surface area contributed by atoms with Crippen LogP contribution in [-0.4, -0.2) is 22.9 Å². The number of benzene rings is 1. The summed E-state index contributed by atoms with van der Waals surface area (Å²) < 4.78 is 7.38. The Kier molecular flexibility index (Phi) is 4.66. The van der Waals surface area contributed by atoms with Crippen molar-refractivity contribution in [3.8, 4) is 5.75 Å². The molecule has 1 aromatic carbocycles. The Bertz CT molecular complexity index is 496. The summed E-state index contributed by atoms with van der Waals surface area (Å²) in [5, 5.41) is 7.49. The zero-order valence-corrected chi connectivity index (χ0v) is 11.2. The van der Waals surface area contributed by atoms with Gasteiger partial charge >= 0.3 is 0 Å². The van der Waals surface area contributed by atoms with Gasteiger partial charge in [0.05, 0.1) is 18.0 Å². The number of para-hydroxylation sites is 1. The largest absolute Gasteiger partial charge is 0.492 e. The highest BCUT2D eigenvalue weighted by atomic mass is 16.5. The van der Waals surface area contributed by atoms with E-state index < -0.39 is 0 Å². The smallest absolute Gasteiger partial charge is 0.144 e. The molecule has 0 aliphatic carbocycles. The lowest BCUT2D eigenvalue weighted by Crippen LogP contribution is -2.09. The third-order valence-electron chi connectivity index (χ3n) is 2.80. The third kappa shape index (κ3) is 3.64. The topological polar surface area (TPSA) is 65.1 Å². The van der Waals surface area contributed by atoms with Gasteiger partial charge in [0.1, 0.15) is 5.75 Å². The molecule has 102 valence electrons. The van der Waals surface area contributed by atoms with E-state index in [1.54, 1.807) is 6.20 Å². The van der Waals surface area contributed by atoms with Crippen LogP contribution >= 0.6 is 0 Å². The highest BCUT2D eigenvalue weighted by Crippen LogP contribution is 2.29. The molecule has 0 fully saturated rings. The van der Waals surface area contributed by atoms with E-state index in [-0.39, 0.29) is 0 Å². The van der Waals surface area contributed by atoms with E-state index in [1.807, 2.05) is 42.1 Å². The summed E-state index contributed by atoms with van der Waals surface area (Å²) in [7, 11) is 0. The van der Waals surface area contributed by atoms with Crippen LogP contribution in [0.2, 0.25) is 0 Å².